The second kappa shape index (κ2) is 8.37. The van der Waals surface area contributed by atoms with Crippen molar-refractivity contribution in [2.75, 3.05) is 12.8 Å². The zero-order valence-corrected chi connectivity index (χ0v) is 11.7. The third kappa shape index (κ3) is 4.97. The molecule has 1 aromatic rings. The molecule has 1 N–H and O–H groups in total. The van der Waals surface area contributed by atoms with E-state index in [-0.39, 0.29) is 0 Å². The molecule has 0 radical (unpaired) electrons. The van der Waals surface area contributed by atoms with Crippen LogP contribution >= 0.6 is 11.8 Å². The Morgan fingerprint density at radius 1 is 1.35 bits per heavy atom. The number of hydrogen-bond donors (Lipinski definition) is 1. The van der Waals surface area contributed by atoms with Gasteiger partial charge in [-0.25, -0.2) is 0 Å². The Balaban J connectivity index is 2.63. The van der Waals surface area contributed by atoms with Crippen LogP contribution in [0.5, 0.6) is 0 Å². The number of rotatable bonds is 8. The summed E-state index contributed by atoms with van der Waals surface area (Å²) in [6.45, 7) is 6.96. The van der Waals surface area contributed by atoms with E-state index in [9.17, 15) is 0 Å². The van der Waals surface area contributed by atoms with E-state index in [1.54, 1.807) is 11.8 Å². The van der Waals surface area contributed by atoms with Gasteiger partial charge in [-0.15, -0.1) is 18.3 Å². The summed E-state index contributed by atoms with van der Waals surface area (Å²) < 4.78 is 0. The van der Waals surface area contributed by atoms with Crippen molar-refractivity contribution in [3.8, 4) is 0 Å². The van der Waals surface area contributed by atoms with Crippen molar-refractivity contribution in [3.05, 3.63) is 42.5 Å². The maximum Gasteiger partial charge on any atom is 0.0320 e. The Bertz CT molecular complexity index is 318. The van der Waals surface area contributed by atoms with E-state index >= 15 is 0 Å². The van der Waals surface area contributed by atoms with Gasteiger partial charge in [0.05, 0.1) is 0 Å². The van der Waals surface area contributed by atoms with Crippen LogP contribution in [0.2, 0.25) is 0 Å². The fourth-order valence-electron chi connectivity index (χ4n) is 1.94. The van der Waals surface area contributed by atoms with Crippen molar-refractivity contribution in [3.63, 3.8) is 0 Å². The first-order chi connectivity index (χ1) is 8.31. The molecule has 0 amide bonds. The van der Waals surface area contributed by atoms with E-state index in [4.69, 9.17) is 0 Å². The lowest BCUT2D eigenvalue weighted by Crippen LogP contribution is -2.20. The number of benzene rings is 1. The van der Waals surface area contributed by atoms with E-state index in [1.807, 2.05) is 6.08 Å². The molecule has 1 aromatic carbocycles. The summed E-state index contributed by atoms with van der Waals surface area (Å²) in [7, 11) is 0. The average Bonchev–Trinajstić information content (AvgIpc) is 2.38. The van der Waals surface area contributed by atoms with Crippen LogP contribution in [-0.2, 0) is 0 Å². The lowest BCUT2D eigenvalue weighted by molar-refractivity contribution is 0.500. The van der Waals surface area contributed by atoms with Crippen molar-refractivity contribution in [1.82, 2.24) is 5.32 Å². The Kier molecular flexibility index (Phi) is 7.06. The molecule has 0 saturated carbocycles. The molecule has 2 heteroatoms. The molecule has 0 bridgehead atoms. The first-order valence-corrected chi connectivity index (χ1v) is 7.52. The zero-order valence-electron chi connectivity index (χ0n) is 10.9. The predicted octanol–water partition coefficient (Wildman–Crippen LogP) is 4.42. The Morgan fingerprint density at radius 3 is 2.59 bits per heavy atom. The van der Waals surface area contributed by atoms with E-state index in [1.165, 1.54) is 23.3 Å². The van der Waals surface area contributed by atoms with E-state index in [0.717, 1.165) is 13.0 Å². The van der Waals surface area contributed by atoms with Crippen LogP contribution in [0.25, 0.3) is 0 Å². The Hall–Kier alpha value is -0.730. The van der Waals surface area contributed by atoms with E-state index in [2.05, 4.69) is 49.3 Å². The number of unbranched alkanes of at least 4 members (excludes halogenated alkanes) is 1. The highest BCUT2D eigenvalue weighted by Crippen LogP contribution is 2.22. The van der Waals surface area contributed by atoms with Crippen LogP contribution in [0, 0.1) is 0 Å². The molecule has 0 aromatic heterocycles. The highest BCUT2D eigenvalue weighted by atomic mass is 32.2. The van der Waals surface area contributed by atoms with Gasteiger partial charge in [0.1, 0.15) is 0 Å². The molecular weight excluding hydrogens is 226 g/mol. The maximum absolute atomic E-state index is 3.78. The average molecular weight is 249 g/mol. The summed E-state index contributed by atoms with van der Waals surface area (Å²) in [5.41, 5.74) is 1.40. The molecule has 0 aliphatic rings. The molecule has 94 valence electrons. The minimum absolute atomic E-state index is 0.482. The summed E-state index contributed by atoms with van der Waals surface area (Å²) in [6, 6.07) is 9.38. The molecule has 17 heavy (non-hydrogen) atoms. The van der Waals surface area contributed by atoms with Crippen LogP contribution in [0.3, 0.4) is 0 Å². The quantitative estimate of drug-likeness (QED) is 0.416. The molecule has 0 spiro atoms. The van der Waals surface area contributed by atoms with Gasteiger partial charge >= 0.3 is 0 Å². The molecule has 1 nitrogen and oxygen atoms in total. The summed E-state index contributed by atoms with van der Waals surface area (Å²) in [6.07, 6.45) is 7.59. The first kappa shape index (κ1) is 14.3. The minimum atomic E-state index is 0.482. The zero-order chi connectivity index (χ0) is 12.5. The Labute approximate surface area is 110 Å². The van der Waals surface area contributed by atoms with Gasteiger partial charge < -0.3 is 5.32 Å². The van der Waals surface area contributed by atoms with Gasteiger partial charge in [0.15, 0.2) is 0 Å². The number of nitrogens with one attached hydrogen (secondary N) is 1. The fraction of sp³-hybridized carbons (Fsp3) is 0.467. The van der Waals surface area contributed by atoms with Crippen LogP contribution in [0.4, 0.5) is 0 Å². The van der Waals surface area contributed by atoms with Crippen molar-refractivity contribution >= 4 is 11.8 Å². The molecule has 0 aliphatic carbocycles. The minimum Gasteiger partial charge on any atom is -0.310 e. The van der Waals surface area contributed by atoms with Crippen LogP contribution in [0.15, 0.2) is 41.8 Å². The highest BCUT2D eigenvalue weighted by molar-refractivity contribution is 7.98. The molecule has 0 aliphatic heterocycles. The SMILES string of the molecule is C=CCCCC(NCC)c1ccc(SC)cc1. The molecule has 0 heterocycles. The number of thioether (sulfide) groups is 1. The first-order valence-electron chi connectivity index (χ1n) is 6.30. The van der Waals surface area contributed by atoms with Gasteiger partial charge in [-0.3, -0.25) is 0 Å². The number of hydrogen-bond acceptors (Lipinski definition) is 2. The van der Waals surface area contributed by atoms with Gasteiger partial charge in [-0.05, 0) is 49.8 Å². The lowest BCUT2D eigenvalue weighted by Gasteiger charge is -2.18. The van der Waals surface area contributed by atoms with Crippen molar-refractivity contribution in [1.29, 1.82) is 0 Å². The molecular formula is C15H23NS. The summed E-state index contributed by atoms with van der Waals surface area (Å²) in [4.78, 5) is 1.33. The smallest absolute Gasteiger partial charge is 0.0320 e. The molecule has 1 atom stereocenters. The van der Waals surface area contributed by atoms with Gasteiger partial charge in [0.25, 0.3) is 0 Å². The highest BCUT2D eigenvalue weighted by Gasteiger charge is 2.09. The predicted molar refractivity (Wildman–Crippen MR) is 78.7 cm³/mol. The van der Waals surface area contributed by atoms with Gasteiger partial charge in [0, 0.05) is 10.9 Å². The maximum atomic E-state index is 3.78. The van der Waals surface area contributed by atoms with Gasteiger partial charge in [-0.1, -0.05) is 25.1 Å². The second-order valence-corrected chi connectivity index (χ2v) is 4.98. The molecule has 0 fully saturated rings. The fourth-order valence-corrected chi connectivity index (χ4v) is 2.34. The standard InChI is InChI=1S/C15H23NS/c1-4-6-7-8-15(16-5-2)13-9-11-14(17-3)12-10-13/h4,9-12,15-16H,1,5-8H2,2-3H3. The monoisotopic (exact) mass is 249 g/mol. The van der Waals surface area contributed by atoms with Crippen LogP contribution in [0.1, 0.15) is 37.8 Å². The van der Waals surface area contributed by atoms with E-state index in [0.29, 0.717) is 6.04 Å². The van der Waals surface area contributed by atoms with Gasteiger partial charge in [0.2, 0.25) is 0 Å². The van der Waals surface area contributed by atoms with E-state index < -0.39 is 0 Å². The second-order valence-electron chi connectivity index (χ2n) is 4.10. The van der Waals surface area contributed by atoms with Crippen molar-refractivity contribution in [2.24, 2.45) is 0 Å². The third-order valence-corrected chi connectivity index (χ3v) is 3.61. The van der Waals surface area contributed by atoms with Crippen LogP contribution in [-0.4, -0.2) is 12.8 Å². The van der Waals surface area contributed by atoms with Crippen molar-refractivity contribution in [2.45, 2.75) is 37.1 Å². The summed E-state index contributed by atoms with van der Waals surface area (Å²) >= 11 is 1.79. The van der Waals surface area contributed by atoms with Crippen molar-refractivity contribution < 1.29 is 0 Å². The topological polar surface area (TPSA) is 12.0 Å². The number of allylic oxidation sites excluding steroid dienone is 1. The van der Waals surface area contributed by atoms with Crippen LogP contribution < -0.4 is 5.32 Å². The Morgan fingerprint density at radius 2 is 2.06 bits per heavy atom. The summed E-state index contributed by atoms with van der Waals surface area (Å²) in [5.74, 6) is 0. The normalized spacial score (nSPS) is 12.4. The summed E-state index contributed by atoms with van der Waals surface area (Å²) in [5, 5.41) is 3.55. The van der Waals surface area contributed by atoms with Gasteiger partial charge in [-0.2, -0.15) is 0 Å². The largest absolute Gasteiger partial charge is 0.310 e. The molecule has 1 unspecified atom stereocenters. The molecule has 1 rings (SSSR count). The molecule has 0 saturated heterocycles. The lowest BCUT2D eigenvalue weighted by atomic mass is 10.0. The third-order valence-electron chi connectivity index (χ3n) is 2.87.